The average molecular weight is 619 g/mol. The second kappa shape index (κ2) is 11.7. The fourth-order valence-electron chi connectivity index (χ4n) is 9.87. The summed E-state index contributed by atoms with van der Waals surface area (Å²) in [5.41, 5.74) is -0.146. The number of hydrogen-bond donors (Lipinski definition) is 5. The SMILES string of the molecule is C[C@H](CC(=O)CC(C)(C)O)[C@H]1C(=O)[C@H](O)[C@@]2(C)[C@@H]3CC[C@@H]4C(=CC3=CC[C@]12C)CC[C@H](O[C@@H]1OC[C@H](O)[C@H](O)[C@H]1O)C4(C)C. The Kier molecular flexibility index (Phi) is 8.98. The molecule has 0 radical (unpaired) electrons. The molecule has 1 saturated heterocycles. The van der Waals surface area contributed by atoms with Crippen LogP contribution in [0.25, 0.3) is 0 Å². The van der Waals surface area contributed by atoms with Gasteiger partial charge in [-0.1, -0.05) is 52.3 Å². The van der Waals surface area contributed by atoms with E-state index in [4.69, 9.17) is 9.47 Å². The first-order valence-corrected chi connectivity index (χ1v) is 16.5. The minimum Gasteiger partial charge on any atom is -0.390 e. The van der Waals surface area contributed by atoms with Crippen LogP contribution in [-0.2, 0) is 19.1 Å². The highest BCUT2D eigenvalue weighted by molar-refractivity contribution is 5.91. The van der Waals surface area contributed by atoms with Crippen molar-refractivity contribution in [1.29, 1.82) is 0 Å². The summed E-state index contributed by atoms with van der Waals surface area (Å²) in [4.78, 5) is 26.7. The largest absolute Gasteiger partial charge is 0.390 e. The van der Waals surface area contributed by atoms with Crippen molar-refractivity contribution in [1.82, 2.24) is 0 Å². The van der Waals surface area contributed by atoms with E-state index in [0.717, 1.165) is 19.3 Å². The van der Waals surface area contributed by atoms with Gasteiger partial charge in [0.25, 0.3) is 0 Å². The van der Waals surface area contributed by atoms with Crippen LogP contribution in [0.5, 0.6) is 0 Å². The van der Waals surface area contributed by atoms with E-state index in [2.05, 4.69) is 39.8 Å². The zero-order chi connectivity index (χ0) is 32.6. The van der Waals surface area contributed by atoms with Gasteiger partial charge in [-0.2, -0.15) is 0 Å². The first-order valence-electron chi connectivity index (χ1n) is 16.5. The second-order valence-corrected chi connectivity index (χ2v) is 16.2. The summed E-state index contributed by atoms with van der Waals surface area (Å²) >= 11 is 0. The molecular formula is C35H54O9. The third-order valence-electron chi connectivity index (χ3n) is 12.4. The number of ether oxygens (including phenoxy) is 2. The molecule has 9 nitrogen and oxygen atoms in total. The molecule has 3 fully saturated rings. The van der Waals surface area contributed by atoms with Gasteiger partial charge in [-0.3, -0.25) is 9.59 Å². The standard InChI is InChI=1S/C35H54O9/c1-18(14-21(36)16-32(2,3)42)26-28(39)30(41)35(7)23-10-9-22-19(15-20(23)12-13-34(26,35)6)8-11-25(33(22,4)5)44-31-29(40)27(38)24(37)17-43-31/h12,15,18,22-27,29-31,37-38,40-42H,8-11,13-14,16-17H2,1-7H3/t18-,22-,23-,24+,25+,26+,27+,29-,30+,31+,34-,35-/m1/s1. The third-order valence-corrected chi connectivity index (χ3v) is 12.4. The van der Waals surface area contributed by atoms with Gasteiger partial charge in [0.15, 0.2) is 12.1 Å². The van der Waals surface area contributed by atoms with Gasteiger partial charge in [0.05, 0.1) is 18.3 Å². The third kappa shape index (κ3) is 5.48. The molecule has 2 saturated carbocycles. The highest BCUT2D eigenvalue weighted by atomic mass is 16.7. The Balaban J connectivity index is 1.37. The van der Waals surface area contributed by atoms with E-state index in [9.17, 15) is 35.1 Å². The summed E-state index contributed by atoms with van der Waals surface area (Å²) in [6.07, 6.45) is 2.36. The number of carbonyl (C=O) groups excluding carboxylic acids is 2. The number of aliphatic hydroxyl groups excluding tert-OH is 4. The Bertz CT molecular complexity index is 1200. The highest BCUT2D eigenvalue weighted by Crippen LogP contribution is 2.67. The zero-order valence-corrected chi connectivity index (χ0v) is 27.5. The molecule has 0 aromatic carbocycles. The van der Waals surface area contributed by atoms with Crippen LogP contribution in [0.2, 0.25) is 0 Å². The monoisotopic (exact) mass is 618 g/mol. The van der Waals surface area contributed by atoms with Crippen molar-refractivity contribution >= 4 is 11.6 Å². The van der Waals surface area contributed by atoms with Gasteiger partial charge in [0.1, 0.15) is 30.2 Å². The lowest BCUT2D eigenvalue weighted by Gasteiger charge is -2.53. The Hall–Kier alpha value is -1.46. The molecule has 0 unspecified atom stereocenters. The van der Waals surface area contributed by atoms with E-state index in [1.54, 1.807) is 13.8 Å². The predicted molar refractivity (Wildman–Crippen MR) is 163 cm³/mol. The normalized spacial score (nSPS) is 44.5. The van der Waals surface area contributed by atoms with Crippen LogP contribution in [0.3, 0.4) is 0 Å². The summed E-state index contributed by atoms with van der Waals surface area (Å²) < 4.78 is 11.9. The Morgan fingerprint density at radius 3 is 2.39 bits per heavy atom. The first kappa shape index (κ1) is 33.9. The molecule has 1 aliphatic heterocycles. The number of aliphatic hydroxyl groups is 5. The molecule has 0 bridgehead atoms. The van der Waals surface area contributed by atoms with Crippen LogP contribution in [-0.4, -0.2) is 86.1 Å². The molecule has 1 heterocycles. The molecule has 0 aromatic heterocycles. The molecule has 9 heteroatoms. The topological polar surface area (TPSA) is 154 Å². The Morgan fingerprint density at radius 2 is 1.73 bits per heavy atom. The van der Waals surface area contributed by atoms with Crippen LogP contribution >= 0.6 is 0 Å². The number of fused-ring (bicyclic) bond motifs is 4. The summed E-state index contributed by atoms with van der Waals surface area (Å²) in [6, 6.07) is 0. The van der Waals surface area contributed by atoms with Gasteiger partial charge < -0.3 is 35.0 Å². The molecule has 5 aliphatic rings. The van der Waals surface area contributed by atoms with E-state index in [-0.39, 0.29) is 60.3 Å². The predicted octanol–water partition coefficient (Wildman–Crippen LogP) is 3.24. The minimum absolute atomic E-state index is 0.0297. The summed E-state index contributed by atoms with van der Waals surface area (Å²) in [7, 11) is 0. The fourth-order valence-corrected chi connectivity index (χ4v) is 9.87. The molecule has 0 spiro atoms. The van der Waals surface area contributed by atoms with Crippen LogP contribution < -0.4 is 0 Å². The van der Waals surface area contributed by atoms with Crippen molar-refractivity contribution in [3.63, 3.8) is 0 Å². The summed E-state index contributed by atoms with van der Waals surface area (Å²) in [5.74, 6) is -0.825. The van der Waals surface area contributed by atoms with Gasteiger partial charge in [0.2, 0.25) is 0 Å². The van der Waals surface area contributed by atoms with E-state index >= 15 is 0 Å². The molecule has 12 atom stereocenters. The number of allylic oxidation sites excluding steroid dienone is 4. The number of carbonyl (C=O) groups is 2. The quantitative estimate of drug-likeness (QED) is 0.289. The van der Waals surface area contributed by atoms with E-state index in [1.807, 2.05) is 6.92 Å². The molecule has 5 N–H and O–H groups in total. The van der Waals surface area contributed by atoms with Crippen molar-refractivity contribution < 1.29 is 44.6 Å². The number of Topliss-reactive ketones (excluding diaryl/α,β-unsaturated/α-hetero) is 2. The smallest absolute Gasteiger partial charge is 0.186 e. The van der Waals surface area contributed by atoms with Gasteiger partial charge in [0, 0.05) is 24.2 Å². The Labute approximate surface area is 261 Å². The van der Waals surface area contributed by atoms with E-state index in [0.29, 0.717) is 12.8 Å². The fraction of sp³-hybridized carbons (Fsp3) is 0.829. The second-order valence-electron chi connectivity index (χ2n) is 16.2. The lowest BCUT2D eigenvalue weighted by Crippen LogP contribution is -2.56. The average Bonchev–Trinajstić information content (AvgIpc) is 3.03. The maximum atomic E-state index is 13.9. The number of hydrogen-bond acceptors (Lipinski definition) is 9. The maximum Gasteiger partial charge on any atom is 0.186 e. The van der Waals surface area contributed by atoms with E-state index in [1.165, 1.54) is 11.1 Å². The maximum absolute atomic E-state index is 13.9. The zero-order valence-electron chi connectivity index (χ0n) is 27.5. The van der Waals surface area contributed by atoms with Crippen LogP contribution in [0.15, 0.2) is 23.3 Å². The minimum atomic E-state index is -1.34. The Morgan fingerprint density at radius 1 is 1.07 bits per heavy atom. The lowest BCUT2D eigenvalue weighted by atomic mass is 9.50. The molecule has 0 aromatic rings. The van der Waals surface area contributed by atoms with Crippen LogP contribution in [0.1, 0.15) is 93.4 Å². The summed E-state index contributed by atoms with van der Waals surface area (Å²) in [5, 5.41) is 52.4. The molecule has 4 aliphatic carbocycles. The molecule has 248 valence electrons. The molecule has 0 amide bonds. The first-order chi connectivity index (χ1) is 20.3. The van der Waals surface area contributed by atoms with E-state index < -0.39 is 53.1 Å². The van der Waals surface area contributed by atoms with Crippen LogP contribution in [0.4, 0.5) is 0 Å². The van der Waals surface area contributed by atoms with Crippen molar-refractivity contribution in [3.05, 3.63) is 23.3 Å². The van der Waals surface area contributed by atoms with Gasteiger partial charge in [-0.25, -0.2) is 0 Å². The molecule has 44 heavy (non-hydrogen) atoms. The molecular weight excluding hydrogens is 564 g/mol. The van der Waals surface area contributed by atoms with Crippen molar-refractivity contribution in [3.8, 4) is 0 Å². The van der Waals surface area contributed by atoms with Gasteiger partial charge in [-0.05, 0) is 80.1 Å². The van der Waals surface area contributed by atoms with Crippen molar-refractivity contribution in [2.45, 2.75) is 136 Å². The van der Waals surface area contributed by atoms with Crippen molar-refractivity contribution in [2.24, 2.45) is 39.9 Å². The summed E-state index contributed by atoms with van der Waals surface area (Å²) in [6.45, 7) is 13.6. The van der Waals surface area contributed by atoms with Crippen molar-refractivity contribution in [2.75, 3.05) is 6.61 Å². The molecule has 5 rings (SSSR count). The highest BCUT2D eigenvalue weighted by Gasteiger charge is 2.69. The number of rotatable bonds is 7. The lowest BCUT2D eigenvalue weighted by molar-refractivity contribution is -0.296. The van der Waals surface area contributed by atoms with Gasteiger partial charge >= 0.3 is 0 Å². The number of ketones is 2. The van der Waals surface area contributed by atoms with Crippen LogP contribution in [0, 0.1) is 39.9 Å². The van der Waals surface area contributed by atoms with Gasteiger partial charge in [-0.15, -0.1) is 0 Å².